The number of benzene rings is 1. The molecule has 0 radical (unpaired) electrons. The van der Waals surface area contributed by atoms with Crippen molar-refractivity contribution in [2.45, 2.75) is 20.0 Å². The molecule has 84 valence electrons. The SMILES string of the molecule is CC(C)Oc1ccc(-c2ncc[nH]2)c(Br)c1. The van der Waals surface area contributed by atoms with Crippen molar-refractivity contribution in [2.75, 3.05) is 0 Å². The first-order valence-electron chi connectivity index (χ1n) is 5.13. The maximum atomic E-state index is 5.61. The van der Waals surface area contributed by atoms with E-state index in [0.717, 1.165) is 21.6 Å². The first-order chi connectivity index (χ1) is 7.66. The minimum absolute atomic E-state index is 0.182. The average Bonchev–Trinajstić information content (AvgIpc) is 2.69. The third-order valence-corrected chi connectivity index (χ3v) is 2.72. The molecule has 0 fully saturated rings. The summed E-state index contributed by atoms with van der Waals surface area (Å²) in [4.78, 5) is 7.28. The van der Waals surface area contributed by atoms with Crippen molar-refractivity contribution >= 4 is 15.9 Å². The molecule has 0 saturated heterocycles. The summed E-state index contributed by atoms with van der Waals surface area (Å²) in [7, 11) is 0. The highest BCUT2D eigenvalue weighted by Crippen LogP contribution is 2.29. The molecule has 1 aromatic heterocycles. The third kappa shape index (κ3) is 2.44. The van der Waals surface area contributed by atoms with Crippen LogP contribution in [0.15, 0.2) is 35.1 Å². The second kappa shape index (κ2) is 4.70. The van der Waals surface area contributed by atoms with E-state index in [1.165, 1.54) is 0 Å². The van der Waals surface area contributed by atoms with Crippen LogP contribution < -0.4 is 4.74 Å². The van der Waals surface area contributed by atoms with Gasteiger partial charge >= 0.3 is 0 Å². The van der Waals surface area contributed by atoms with Gasteiger partial charge in [0.25, 0.3) is 0 Å². The van der Waals surface area contributed by atoms with Crippen molar-refractivity contribution in [1.82, 2.24) is 9.97 Å². The molecule has 1 heterocycles. The number of nitrogens with one attached hydrogen (secondary N) is 1. The first-order valence-corrected chi connectivity index (χ1v) is 5.92. The molecular formula is C12H13BrN2O. The Hall–Kier alpha value is -1.29. The fraction of sp³-hybridized carbons (Fsp3) is 0.250. The van der Waals surface area contributed by atoms with Gasteiger partial charge in [-0.25, -0.2) is 4.98 Å². The van der Waals surface area contributed by atoms with E-state index in [-0.39, 0.29) is 6.10 Å². The van der Waals surface area contributed by atoms with Gasteiger partial charge in [0.1, 0.15) is 11.6 Å². The van der Waals surface area contributed by atoms with Gasteiger partial charge in [-0.05, 0) is 48.0 Å². The van der Waals surface area contributed by atoms with Crippen molar-refractivity contribution in [3.8, 4) is 17.1 Å². The Balaban J connectivity index is 2.30. The largest absolute Gasteiger partial charge is 0.491 e. The highest BCUT2D eigenvalue weighted by atomic mass is 79.9. The average molecular weight is 281 g/mol. The highest BCUT2D eigenvalue weighted by molar-refractivity contribution is 9.10. The molecule has 2 rings (SSSR count). The van der Waals surface area contributed by atoms with E-state index >= 15 is 0 Å². The van der Waals surface area contributed by atoms with Gasteiger partial charge in [-0.1, -0.05) is 0 Å². The molecule has 4 heteroatoms. The summed E-state index contributed by atoms with van der Waals surface area (Å²) >= 11 is 3.52. The Morgan fingerprint density at radius 2 is 2.19 bits per heavy atom. The molecule has 0 saturated carbocycles. The lowest BCUT2D eigenvalue weighted by Crippen LogP contribution is -2.05. The fourth-order valence-corrected chi connectivity index (χ4v) is 1.99. The fourth-order valence-electron chi connectivity index (χ4n) is 1.45. The summed E-state index contributed by atoms with van der Waals surface area (Å²) < 4.78 is 6.58. The number of aromatic amines is 1. The predicted molar refractivity (Wildman–Crippen MR) is 67.5 cm³/mol. The number of ether oxygens (including phenoxy) is 1. The van der Waals surface area contributed by atoms with Crippen LogP contribution >= 0.6 is 15.9 Å². The number of aromatic nitrogens is 2. The molecule has 0 atom stereocenters. The molecule has 0 amide bonds. The quantitative estimate of drug-likeness (QED) is 0.933. The maximum Gasteiger partial charge on any atom is 0.138 e. The van der Waals surface area contributed by atoms with Crippen LogP contribution in [0.3, 0.4) is 0 Å². The second-order valence-electron chi connectivity index (χ2n) is 3.75. The van der Waals surface area contributed by atoms with Crippen LogP contribution in [0.25, 0.3) is 11.4 Å². The molecule has 0 spiro atoms. The van der Waals surface area contributed by atoms with Crippen LogP contribution in [0.4, 0.5) is 0 Å². The lowest BCUT2D eigenvalue weighted by molar-refractivity contribution is 0.242. The molecular weight excluding hydrogens is 268 g/mol. The number of imidazole rings is 1. The monoisotopic (exact) mass is 280 g/mol. The summed E-state index contributed by atoms with van der Waals surface area (Å²) in [5.41, 5.74) is 1.03. The zero-order valence-corrected chi connectivity index (χ0v) is 10.8. The second-order valence-corrected chi connectivity index (χ2v) is 4.60. The standard InChI is InChI=1S/C12H13BrN2O/c1-8(2)16-9-3-4-10(11(13)7-9)12-14-5-6-15-12/h3-8H,1-2H3,(H,14,15). The number of nitrogens with zero attached hydrogens (tertiary/aromatic N) is 1. The molecule has 0 unspecified atom stereocenters. The first kappa shape index (κ1) is 11.2. The van der Waals surface area contributed by atoms with Gasteiger partial charge in [0.05, 0.1) is 6.10 Å². The van der Waals surface area contributed by atoms with Gasteiger partial charge < -0.3 is 9.72 Å². The molecule has 0 bridgehead atoms. The molecule has 1 N–H and O–H groups in total. The van der Waals surface area contributed by atoms with E-state index in [1.54, 1.807) is 12.4 Å². The molecule has 1 aromatic carbocycles. The van der Waals surface area contributed by atoms with Gasteiger partial charge in [0.15, 0.2) is 0 Å². The van der Waals surface area contributed by atoms with E-state index in [1.807, 2.05) is 32.0 Å². The molecule has 0 aliphatic heterocycles. The molecule has 0 aliphatic rings. The van der Waals surface area contributed by atoms with Crippen molar-refractivity contribution < 1.29 is 4.74 Å². The van der Waals surface area contributed by atoms with E-state index in [4.69, 9.17) is 4.74 Å². The number of halogens is 1. The lowest BCUT2D eigenvalue weighted by Gasteiger charge is -2.11. The van der Waals surface area contributed by atoms with E-state index in [2.05, 4.69) is 25.9 Å². The van der Waals surface area contributed by atoms with Gasteiger partial charge in [-0.2, -0.15) is 0 Å². The van der Waals surface area contributed by atoms with E-state index < -0.39 is 0 Å². The Labute approximate surface area is 103 Å². The number of hydrogen-bond donors (Lipinski definition) is 1. The Kier molecular flexibility index (Phi) is 3.29. The normalized spacial score (nSPS) is 10.8. The molecule has 3 nitrogen and oxygen atoms in total. The zero-order valence-electron chi connectivity index (χ0n) is 9.20. The van der Waals surface area contributed by atoms with E-state index in [0.29, 0.717) is 0 Å². The minimum atomic E-state index is 0.182. The summed E-state index contributed by atoms with van der Waals surface area (Å²) in [5.74, 6) is 1.71. The van der Waals surface area contributed by atoms with Gasteiger partial charge in [-0.15, -0.1) is 0 Å². The maximum absolute atomic E-state index is 5.61. The highest BCUT2D eigenvalue weighted by Gasteiger charge is 2.07. The van der Waals surface area contributed by atoms with Crippen LogP contribution in [-0.2, 0) is 0 Å². The third-order valence-electron chi connectivity index (χ3n) is 2.07. The number of rotatable bonds is 3. The Morgan fingerprint density at radius 1 is 1.38 bits per heavy atom. The van der Waals surface area contributed by atoms with Crippen molar-refractivity contribution in [3.63, 3.8) is 0 Å². The summed E-state index contributed by atoms with van der Waals surface area (Å²) in [6.07, 6.45) is 3.72. The van der Waals surface area contributed by atoms with Crippen molar-refractivity contribution in [3.05, 3.63) is 35.1 Å². The Bertz CT molecular complexity index is 466. The molecule has 16 heavy (non-hydrogen) atoms. The van der Waals surface area contributed by atoms with Gasteiger partial charge in [-0.3, -0.25) is 0 Å². The topological polar surface area (TPSA) is 37.9 Å². The summed E-state index contributed by atoms with van der Waals surface area (Å²) in [6, 6.07) is 5.89. The zero-order chi connectivity index (χ0) is 11.5. The van der Waals surface area contributed by atoms with Crippen LogP contribution in [0.5, 0.6) is 5.75 Å². The van der Waals surface area contributed by atoms with Gasteiger partial charge in [0.2, 0.25) is 0 Å². The summed E-state index contributed by atoms with van der Waals surface area (Å²) in [5, 5.41) is 0. The van der Waals surface area contributed by atoms with Crippen LogP contribution in [0.2, 0.25) is 0 Å². The number of hydrogen-bond acceptors (Lipinski definition) is 2. The minimum Gasteiger partial charge on any atom is -0.491 e. The summed E-state index contributed by atoms with van der Waals surface area (Å²) in [6.45, 7) is 4.02. The van der Waals surface area contributed by atoms with Gasteiger partial charge in [0, 0.05) is 22.4 Å². The lowest BCUT2D eigenvalue weighted by atomic mass is 10.2. The smallest absolute Gasteiger partial charge is 0.138 e. The van der Waals surface area contributed by atoms with E-state index in [9.17, 15) is 0 Å². The van der Waals surface area contributed by atoms with Crippen molar-refractivity contribution in [1.29, 1.82) is 0 Å². The number of H-pyrrole nitrogens is 1. The van der Waals surface area contributed by atoms with Crippen LogP contribution in [-0.4, -0.2) is 16.1 Å². The van der Waals surface area contributed by atoms with Crippen LogP contribution in [0.1, 0.15) is 13.8 Å². The van der Waals surface area contributed by atoms with Crippen LogP contribution in [0, 0.1) is 0 Å². The molecule has 0 aliphatic carbocycles. The predicted octanol–water partition coefficient (Wildman–Crippen LogP) is 3.63. The molecule has 2 aromatic rings. The van der Waals surface area contributed by atoms with Crippen molar-refractivity contribution in [2.24, 2.45) is 0 Å². The Morgan fingerprint density at radius 3 is 2.75 bits per heavy atom.